The average Bonchev–Trinajstić information content (AvgIpc) is 2.61. The van der Waals surface area contributed by atoms with Gasteiger partial charge in [0.1, 0.15) is 11.6 Å². The smallest absolute Gasteiger partial charge is 0.403 e. The van der Waals surface area contributed by atoms with Crippen molar-refractivity contribution in [1.82, 2.24) is 0 Å². The number of fused-ring (bicyclic) bond motifs is 1. The van der Waals surface area contributed by atoms with E-state index in [1.165, 1.54) is 18.2 Å². The van der Waals surface area contributed by atoms with Gasteiger partial charge < -0.3 is 4.74 Å². The van der Waals surface area contributed by atoms with Crippen LogP contribution < -0.4 is 4.74 Å². The first-order valence-electron chi connectivity index (χ1n) is 9.45. The Morgan fingerprint density at radius 2 is 1.59 bits per heavy atom. The summed E-state index contributed by atoms with van der Waals surface area (Å²) in [5.41, 5.74) is 1.45. The molecule has 0 radical (unpaired) electrons. The lowest BCUT2D eigenvalue weighted by Crippen LogP contribution is -2.18. The number of halogens is 6. The van der Waals surface area contributed by atoms with E-state index < -0.39 is 29.6 Å². The Balaban J connectivity index is 1.90. The van der Waals surface area contributed by atoms with Crippen molar-refractivity contribution in [3.05, 3.63) is 64.0 Å². The van der Waals surface area contributed by atoms with Crippen molar-refractivity contribution in [2.45, 2.75) is 51.8 Å². The molecule has 0 aromatic heterocycles. The zero-order valence-electron chi connectivity index (χ0n) is 15.8. The second-order valence-electron chi connectivity index (χ2n) is 7.09. The summed E-state index contributed by atoms with van der Waals surface area (Å²) in [5.74, 6) is -3.49. The fraction of sp³-hybridized carbons (Fsp3) is 0.364. The van der Waals surface area contributed by atoms with Gasteiger partial charge >= 0.3 is 6.36 Å². The standard InChI is InChI=1S/C22H20F6O/c1-2-3-4-5-13-8-18(24)21(19(25)9-13)15-7-6-14-12-20(29-22(26,27)28)17(23)11-16(14)10-15/h8-12H,2-7H2,1H3. The van der Waals surface area contributed by atoms with E-state index in [9.17, 15) is 26.3 Å². The van der Waals surface area contributed by atoms with E-state index in [0.29, 0.717) is 23.1 Å². The Morgan fingerprint density at radius 3 is 2.21 bits per heavy atom. The molecule has 1 aliphatic rings. The van der Waals surface area contributed by atoms with Crippen LogP contribution in [0.4, 0.5) is 26.3 Å². The maximum atomic E-state index is 14.6. The van der Waals surface area contributed by atoms with Crippen LogP contribution in [0.2, 0.25) is 0 Å². The summed E-state index contributed by atoms with van der Waals surface area (Å²) in [7, 11) is 0. The highest BCUT2D eigenvalue weighted by Gasteiger charge is 2.33. The van der Waals surface area contributed by atoms with Gasteiger partial charge in [-0.3, -0.25) is 0 Å². The fourth-order valence-electron chi connectivity index (χ4n) is 3.55. The number of allylic oxidation sites excluding steroid dienone is 1. The van der Waals surface area contributed by atoms with Gasteiger partial charge in [0.05, 0.1) is 0 Å². The minimum Gasteiger partial charge on any atom is -0.403 e. The van der Waals surface area contributed by atoms with Crippen molar-refractivity contribution in [3.8, 4) is 5.75 Å². The molecule has 1 nitrogen and oxygen atoms in total. The molecule has 0 bridgehead atoms. The molecule has 2 aromatic carbocycles. The molecule has 156 valence electrons. The Hall–Kier alpha value is -2.44. The maximum absolute atomic E-state index is 14.6. The van der Waals surface area contributed by atoms with Gasteiger partial charge in [0.2, 0.25) is 0 Å². The lowest BCUT2D eigenvalue weighted by Gasteiger charge is -2.20. The highest BCUT2D eigenvalue weighted by Crippen LogP contribution is 2.37. The van der Waals surface area contributed by atoms with Crippen LogP contribution in [0.1, 0.15) is 54.9 Å². The molecule has 0 N–H and O–H groups in total. The lowest BCUT2D eigenvalue weighted by atomic mass is 9.87. The maximum Gasteiger partial charge on any atom is 0.573 e. The third kappa shape index (κ3) is 5.14. The van der Waals surface area contributed by atoms with E-state index in [1.54, 1.807) is 0 Å². The van der Waals surface area contributed by atoms with Gasteiger partial charge in [0.25, 0.3) is 0 Å². The molecule has 0 saturated carbocycles. The predicted octanol–water partition coefficient (Wildman–Crippen LogP) is 7.22. The molecule has 0 amide bonds. The molecule has 0 spiro atoms. The van der Waals surface area contributed by atoms with E-state index in [2.05, 4.69) is 4.74 Å². The SMILES string of the molecule is CCCCCc1cc(F)c(C2=Cc3cc(F)c(OC(F)(F)F)cc3CC2)c(F)c1. The molecule has 0 atom stereocenters. The summed E-state index contributed by atoms with van der Waals surface area (Å²) in [6.07, 6.45) is 0.233. The summed E-state index contributed by atoms with van der Waals surface area (Å²) < 4.78 is 84.0. The number of hydrogen-bond donors (Lipinski definition) is 0. The van der Waals surface area contributed by atoms with Crippen molar-refractivity contribution < 1.29 is 31.1 Å². The van der Waals surface area contributed by atoms with Gasteiger partial charge in [-0.1, -0.05) is 25.8 Å². The van der Waals surface area contributed by atoms with Crippen LogP contribution in [0.5, 0.6) is 5.75 Å². The number of alkyl halides is 3. The molecule has 7 heteroatoms. The van der Waals surface area contributed by atoms with Crippen molar-refractivity contribution in [2.24, 2.45) is 0 Å². The van der Waals surface area contributed by atoms with E-state index >= 15 is 0 Å². The highest BCUT2D eigenvalue weighted by molar-refractivity contribution is 5.85. The van der Waals surface area contributed by atoms with E-state index in [4.69, 9.17) is 0 Å². The number of unbranched alkanes of at least 4 members (excludes halogenated alkanes) is 2. The van der Waals surface area contributed by atoms with Gasteiger partial charge in [0, 0.05) is 5.56 Å². The predicted molar refractivity (Wildman–Crippen MR) is 98.9 cm³/mol. The second-order valence-corrected chi connectivity index (χ2v) is 7.09. The fourth-order valence-corrected chi connectivity index (χ4v) is 3.55. The van der Waals surface area contributed by atoms with Gasteiger partial charge in [-0.2, -0.15) is 0 Å². The van der Waals surface area contributed by atoms with Crippen molar-refractivity contribution >= 4 is 11.6 Å². The molecule has 0 unspecified atom stereocenters. The van der Waals surface area contributed by atoms with Crippen molar-refractivity contribution in [1.29, 1.82) is 0 Å². The van der Waals surface area contributed by atoms with Crippen LogP contribution in [-0.4, -0.2) is 6.36 Å². The summed E-state index contributed by atoms with van der Waals surface area (Å²) >= 11 is 0. The van der Waals surface area contributed by atoms with Gasteiger partial charge in [-0.15, -0.1) is 13.2 Å². The first-order chi connectivity index (χ1) is 13.7. The molecule has 2 aromatic rings. The third-order valence-corrected chi connectivity index (χ3v) is 4.90. The van der Waals surface area contributed by atoms with Crippen LogP contribution in [0.3, 0.4) is 0 Å². The topological polar surface area (TPSA) is 9.23 Å². The molecule has 0 saturated heterocycles. The molecule has 29 heavy (non-hydrogen) atoms. The van der Waals surface area contributed by atoms with Gasteiger partial charge in [0.15, 0.2) is 11.6 Å². The monoisotopic (exact) mass is 414 g/mol. The van der Waals surface area contributed by atoms with E-state index in [1.807, 2.05) is 6.92 Å². The zero-order valence-corrected chi connectivity index (χ0v) is 15.8. The molecular formula is C22H20F6O. The van der Waals surface area contributed by atoms with Crippen LogP contribution in [0, 0.1) is 17.5 Å². The Labute approximate surface area is 165 Å². The molecule has 3 rings (SSSR count). The van der Waals surface area contributed by atoms with Crippen LogP contribution in [0.25, 0.3) is 11.6 Å². The molecule has 1 aliphatic carbocycles. The number of ether oxygens (including phenoxy) is 1. The summed E-state index contributed by atoms with van der Waals surface area (Å²) in [6.45, 7) is 2.04. The van der Waals surface area contributed by atoms with Crippen LogP contribution >= 0.6 is 0 Å². The minimum atomic E-state index is -5.00. The first kappa shape index (κ1) is 21.3. The van der Waals surface area contributed by atoms with Crippen LogP contribution in [0.15, 0.2) is 24.3 Å². The van der Waals surface area contributed by atoms with Gasteiger partial charge in [-0.25, -0.2) is 13.2 Å². The largest absolute Gasteiger partial charge is 0.573 e. The number of hydrogen-bond acceptors (Lipinski definition) is 1. The van der Waals surface area contributed by atoms with Crippen molar-refractivity contribution in [3.63, 3.8) is 0 Å². The Kier molecular flexibility index (Phi) is 6.24. The number of benzene rings is 2. The quantitative estimate of drug-likeness (QED) is 0.358. The third-order valence-electron chi connectivity index (χ3n) is 4.90. The Bertz CT molecular complexity index is 907. The van der Waals surface area contributed by atoms with Gasteiger partial charge in [-0.05, 0) is 72.2 Å². The first-order valence-corrected chi connectivity index (χ1v) is 9.45. The minimum absolute atomic E-state index is 0.175. The zero-order chi connectivity index (χ0) is 21.2. The van der Waals surface area contributed by atoms with Crippen LogP contribution in [-0.2, 0) is 12.8 Å². The normalized spacial score (nSPS) is 13.8. The summed E-state index contributed by atoms with van der Waals surface area (Å²) in [4.78, 5) is 0. The average molecular weight is 414 g/mol. The van der Waals surface area contributed by atoms with Crippen molar-refractivity contribution in [2.75, 3.05) is 0 Å². The molecule has 0 aliphatic heterocycles. The lowest BCUT2D eigenvalue weighted by molar-refractivity contribution is -0.275. The summed E-state index contributed by atoms with van der Waals surface area (Å²) in [6, 6.07) is 4.50. The Morgan fingerprint density at radius 1 is 0.897 bits per heavy atom. The molecule has 0 heterocycles. The highest BCUT2D eigenvalue weighted by atomic mass is 19.4. The van der Waals surface area contributed by atoms with E-state index in [-0.39, 0.29) is 24.0 Å². The number of rotatable bonds is 6. The molecular weight excluding hydrogens is 394 g/mol. The molecule has 0 fully saturated rings. The summed E-state index contributed by atoms with van der Waals surface area (Å²) in [5, 5.41) is 0. The number of aryl methyl sites for hydroxylation is 2. The van der Waals surface area contributed by atoms with E-state index in [0.717, 1.165) is 31.4 Å². The second kappa shape index (κ2) is 8.51.